The molecule has 0 aliphatic carbocycles. The molecule has 0 fully saturated rings. The molecule has 0 heterocycles. The summed E-state index contributed by atoms with van der Waals surface area (Å²) in [6.45, 7) is 3.98. The van der Waals surface area contributed by atoms with Gasteiger partial charge in [-0.1, -0.05) is 164 Å². The van der Waals surface area contributed by atoms with Crippen molar-refractivity contribution in [2.24, 2.45) is 0 Å². The van der Waals surface area contributed by atoms with Crippen molar-refractivity contribution in [1.82, 2.24) is 0 Å². The van der Waals surface area contributed by atoms with Crippen molar-refractivity contribution in [2.45, 2.75) is 174 Å². The van der Waals surface area contributed by atoms with Gasteiger partial charge in [0.2, 0.25) is 0 Å². The average Bonchev–Trinajstić information content (AvgIpc) is 3.17. The lowest BCUT2D eigenvalue weighted by Crippen LogP contribution is -2.37. The van der Waals surface area contributed by atoms with E-state index in [1.54, 1.807) is 6.08 Å². The van der Waals surface area contributed by atoms with Crippen LogP contribution in [-0.2, 0) is 32.7 Å². The van der Waals surface area contributed by atoms with Crippen molar-refractivity contribution in [3.8, 4) is 0 Å². The molecular weight excluding hydrogens is 750 g/mol. The lowest BCUT2D eigenvalue weighted by molar-refractivity contribution is -0.870. The van der Waals surface area contributed by atoms with E-state index < -0.39 is 32.5 Å². The van der Waals surface area contributed by atoms with Gasteiger partial charge in [0.25, 0.3) is 7.82 Å². The maximum atomic E-state index is 12.6. The van der Waals surface area contributed by atoms with Crippen LogP contribution in [-0.4, -0.2) is 70.0 Å². The molecule has 2 atom stereocenters. The molecule has 0 aromatic rings. The minimum Gasteiger partial charge on any atom is -0.756 e. The van der Waals surface area contributed by atoms with Crippen molar-refractivity contribution in [3.63, 3.8) is 0 Å². The third-order valence-corrected chi connectivity index (χ3v) is 10.2. The number of phosphoric ester groups is 1. The molecule has 0 rings (SSSR count). The SMILES string of the molecule is CC/C=C\C/C=C\C/C=C\C/C=C\C/C=C\CC(=O)OC(COC(=O)CCCCCCCCCCC/C=C\CCCCCCCC)COP(=O)([O-])OCC[N+](C)(C)C. The number of unbranched alkanes of at least 4 members (excludes halogenated alkanes) is 15. The predicted molar refractivity (Wildman–Crippen MR) is 240 cm³/mol. The van der Waals surface area contributed by atoms with E-state index in [0.29, 0.717) is 23.9 Å². The Hall–Kier alpha value is -2.55. The molecule has 0 spiro atoms. The number of quaternary nitrogens is 1. The highest BCUT2D eigenvalue weighted by molar-refractivity contribution is 7.45. The number of hydrogen-bond donors (Lipinski definition) is 0. The highest BCUT2D eigenvalue weighted by atomic mass is 31.2. The Morgan fingerprint density at radius 1 is 0.569 bits per heavy atom. The summed E-state index contributed by atoms with van der Waals surface area (Å²) >= 11 is 0. The second-order valence-corrected chi connectivity index (χ2v) is 17.5. The molecule has 0 N–H and O–H groups in total. The smallest absolute Gasteiger partial charge is 0.310 e. The van der Waals surface area contributed by atoms with Crippen LogP contribution in [0.1, 0.15) is 168 Å². The molecule has 0 saturated heterocycles. The molecule has 2 unspecified atom stereocenters. The topological polar surface area (TPSA) is 111 Å². The molecule has 0 amide bonds. The minimum absolute atomic E-state index is 0.0102. The quantitative estimate of drug-likeness (QED) is 0.0197. The van der Waals surface area contributed by atoms with E-state index >= 15 is 0 Å². The standard InChI is InChI=1S/C48H84NO8P/c1-6-8-10-12-14-16-18-20-22-23-24-25-27-28-30-32-34-36-38-40-47(50)54-44-46(45-56-58(52,53)55-43-42-49(3,4)5)57-48(51)41-39-37-35-33-31-29-26-21-19-17-15-13-11-9-7-2/h9,11,15,17,20-22,26,31,33,37,39,46H,6-8,10,12-14,16,18-19,23-25,27-30,32,34-36,38,40-45H2,1-5H3/b11-9-,17-15-,22-20-,26-21-,33-31-,39-37-. The molecule has 0 saturated carbocycles. The first kappa shape index (κ1) is 55.5. The lowest BCUT2D eigenvalue weighted by atomic mass is 10.1. The van der Waals surface area contributed by atoms with Crippen LogP contribution >= 0.6 is 7.82 Å². The first-order valence-corrected chi connectivity index (χ1v) is 24.1. The van der Waals surface area contributed by atoms with Gasteiger partial charge in [-0.15, -0.1) is 0 Å². The van der Waals surface area contributed by atoms with Gasteiger partial charge >= 0.3 is 11.9 Å². The van der Waals surface area contributed by atoms with Gasteiger partial charge in [-0.3, -0.25) is 14.2 Å². The maximum Gasteiger partial charge on any atom is 0.310 e. The van der Waals surface area contributed by atoms with Crippen LogP contribution in [0.5, 0.6) is 0 Å². The Morgan fingerprint density at radius 3 is 1.53 bits per heavy atom. The number of allylic oxidation sites excluding steroid dienone is 11. The van der Waals surface area contributed by atoms with Crippen LogP contribution in [0.4, 0.5) is 0 Å². The van der Waals surface area contributed by atoms with Crippen LogP contribution in [0.25, 0.3) is 0 Å². The highest BCUT2D eigenvalue weighted by Gasteiger charge is 2.21. The normalized spacial score (nSPS) is 14.2. The molecule has 0 aliphatic rings. The second-order valence-electron chi connectivity index (χ2n) is 16.0. The Bertz CT molecular complexity index is 1220. The number of nitrogens with zero attached hydrogens (tertiary/aromatic N) is 1. The third kappa shape index (κ3) is 43.0. The minimum atomic E-state index is -4.65. The van der Waals surface area contributed by atoms with Gasteiger partial charge in [-0.2, -0.15) is 0 Å². The number of phosphoric acid groups is 1. The maximum absolute atomic E-state index is 12.6. The van der Waals surface area contributed by atoms with E-state index in [1.807, 2.05) is 33.3 Å². The van der Waals surface area contributed by atoms with Gasteiger partial charge < -0.3 is 27.9 Å². The molecule has 0 bridgehead atoms. The van der Waals surface area contributed by atoms with Crippen molar-refractivity contribution in [1.29, 1.82) is 0 Å². The Balaban J connectivity index is 4.43. The van der Waals surface area contributed by atoms with Crippen molar-refractivity contribution < 1.29 is 42.1 Å². The van der Waals surface area contributed by atoms with Crippen LogP contribution < -0.4 is 4.89 Å². The number of hydrogen-bond acceptors (Lipinski definition) is 8. The van der Waals surface area contributed by atoms with Crippen LogP contribution in [0.3, 0.4) is 0 Å². The second kappa shape index (κ2) is 39.9. The number of esters is 2. The first-order chi connectivity index (χ1) is 28.0. The van der Waals surface area contributed by atoms with Gasteiger partial charge in [-0.25, -0.2) is 0 Å². The van der Waals surface area contributed by atoms with Gasteiger partial charge in [0.1, 0.15) is 19.8 Å². The number of carbonyl (C=O) groups is 2. The third-order valence-electron chi connectivity index (χ3n) is 9.24. The zero-order valence-electron chi connectivity index (χ0n) is 37.5. The molecular formula is C48H84NO8P. The first-order valence-electron chi connectivity index (χ1n) is 22.6. The largest absolute Gasteiger partial charge is 0.756 e. The van der Waals surface area contributed by atoms with Crippen LogP contribution in [0.2, 0.25) is 0 Å². The molecule has 0 aliphatic heterocycles. The van der Waals surface area contributed by atoms with E-state index in [1.165, 1.54) is 83.5 Å². The summed E-state index contributed by atoms with van der Waals surface area (Å²) in [5, 5.41) is 0. The summed E-state index contributed by atoms with van der Waals surface area (Å²) in [5.41, 5.74) is 0. The van der Waals surface area contributed by atoms with Crippen molar-refractivity contribution in [2.75, 3.05) is 47.5 Å². The molecule has 10 heteroatoms. The predicted octanol–water partition coefficient (Wildman–Crippen LogP) is 12.4. The highest BCUT2D eigenvalue weighted by Crippen LogP contribution is 2.38. The fraction of sp³-hybridized carbons (Fsp3) is 0.708. The van der Waals surface area contributed by atoms with Crippen molar-refractivity contribution >= 4 is 19.8 Å². The fourth-order valence-electron chi connectivity index (χ4n) is 5.72. The summed E-state index contributed by atoms with van der Waals surface area (Å²) in [6.07, 6.45) is 49.6. The zero-order chi connectivity index (χ0) is 42.8. The molecule has 9 nitrogen and oxygen atoms in total. The fourth-order valence-corrected chi connectivity index (χ4v) is 6.45. The van der Waals surface area contributed by atoms with Crippen LogP contribution in [0.15, 0.2) is 72.9 Å². The van der Waals surface area contributed by atoms with E-state index in [0.717, 1.165) is 44.9 Å². The summed E-state index contributed by atoms with van der Waals surface area (Å²) in [7, 11) is 1.10. The van der Waals surface area contributed by atoms with Gasteiger partial charge in [-0.05, 0) is 64.2 Å². The number of likely N-dealkylation sites (N-methyl/N-ethyl adjacent to an activating group) is 1. The number of ether oxygens (including phenoxy) is 2. The number of carbonyl (C=O) groups excluding carboxylic acids is 2. The van der Waals surface area contributed by atoms with E-state index in [4.69, 9.17) is 18.5 Å². The Morgan fingerprint density at radius 2 is 1.03 bits per heavy atom. The average molecular weight is 834 g/mol. The summed E-state index contributed by atoms with van der Waals surface area (Å²) in [4.78, 5) is 37.5. The lowest BCUT2D eigenvalue weighted by Gasteiger charge is -2.28. The zero-order valence-corrected chi connectivity index (χ0v) is 38.4. The Labute approximate surface area is 355 Å². The molecule has 0 aromatic heterocycles. The van der Waals surface area contributed by atoms with Gasteiger partial charge in [0.15, 0.2) is 6.10 Å². The van der Waals surface area contributed by atoms with E-state index in [2.05, 4.69) is 68.5 Å². The number of rotatable bonds is 40. The summed E-state index contributed by atoms with van der Waals surface area (Å²) in [6, 6.07) is 0. The summed E-state index contributed by atoms with van der Waals surface area (Å²) in [5.74, 6) is -0.988. The monoisotopic (exact) mass is 834 g/mol. The van der Waals surface area contributed by atoms with E-state index in [9.17, 15) is 19.0 Å². The summed E-state index contributed by atoms with van der Waals surface area (Å²) < 4.78 is 33.8. The molecule has 334 valence electrons. The van der Waals surface area contributed by atoms with Gasteiger partial charge in [0.05, 0.1) is 34.2 Å². The van der Waals surface area contributed by atoms with Crippen LogP contribution in [0, 0.1) is 0 Å². The molecule has 58 heavy (non-hydrogen) atoms. The molecule has 0 aromatic carbocycles. The Kier molecular flexibility index (Phi) is 38.1. The van der Waals surface area contributed by atoms with E-state index in [-0.39, 0.29) is 26.1 Å². The van der Waals surface area contributed by atoms with Crippen molar-refractivity contribution in [3.05, 3.63) is 72.9 Å². The molecule has 0 radical (unpaired) electrons. The van der Waals surface area contributed by atoms with Gasteiger partial charge in [0, 0.05) is 6.42 Å².